The maximum atomic E-state index is 12.4. The Balaban J connectivity index is 2.15. The van der Waals surface area contributed by atoms with Gasteiger partial charge in [0.1, 0.15) is 10.6 Å². The molecular formula is C15H15BrN2O4S. The van der Waals surface area contributed by atoms with Crippen LogP contribution < -0.4 is 15.2 Å². The summed E-state index contributed by atoms with van der Waals surface area (Å²) in [6, 6.07) is 11.2. The number of sulfonamides is 1. The summed E-state index contributed by atoms with van der Waals surface area (Å²) in [6.45, 7) is 1.64. The first kappa shape index (κ1) is 17.3. The van der Waals surface area contributed by atoms with Gasteiger partial charge in [0, 0.05) is 10.2 Å². The van der Waals surface area contributed by atoms with Gasteiger partial charge in [0.15, 0.2) is 6.61 Å². The molecule has 0 unspecified atom stereocenters. The van der Waals surface area contributed by atoms with Gasteiger partial charge in [-0.05, 0) is 64.8 Å². The predicted molar refractivity (Wildman–Crippen MR) is 90.8 cm³/mol. The van der Waals surface area contributed by atoms with Gasteiger partial charge < -0.3 is 10.5 Å². The summed E-state index contributed by atoms with van der Waals surface area (Å²) in [4.78, 5) is 10.8. The molecule has 0 saturated heterocycles. The molecule has 0 spiro atoms. The fourth-order valence-corrected chi connectivity index (χ4v) is 4.06. The summed E-state index contributed by atoms with van der Waals surface area (Å²) in [5.74, 6) is -0.165. The first-order valence-corrected chi connectivity index (χ1v) is 8.86. The van der Waals surface area contributed by atoms with Crippen molar-refractivity contribution >= 4 is 37.5 Å². The van der Waals surface area contributed by atoms with Crippen LogP contribution in [-0.2, 0) is 14.8 Å². The topological polar surface area (TPSA) is 98.5 Å². The van der Waals surface area contributed by atoms with Crippen molar-refractivity contribution in [1.29, 1.82) is 0 Å². The highest BCUT2D eigenvalue weighted by molar-refractivity contribution is 9.10. The molecule has 1 amide bonds. The van der Waals surface area contributed by atoms with Crippen LogP contribution in [0.2, 0.25) is 0 Å². The van der Waals surface area contributed by atoms with Crippen LogP contribution in [0, 0.1) is 6.92 Å². The first-order chi connectivity index (χ1) is 10.8. The van der Waals surface area contributed by atoms with Crippen LogP contribution in [0.15, 0.2) is 51.8 Å². The third kappa shape index (κ3) is 4.70. The Bertz CT molecular complexity index is 820. The van der Waals surface area contributed by atoms with Crippen LogP contribution in [-0.4, -0.2) is 20.9 Å². The second kappa shape index (κ2) is 7.01. The number of carbonyl (C=O) groups excluding carboxylic acids is 1. The number of hydrogen-bond acceptors (Lipinski definition) is 4. The average molecular weight is 399 g/mol. The number of ether oxygens (including phenoxy) is 1. The van der Waals surface area contributed by atoms with Gasteiger partial charge in [0.2, 0.25) is 0 Å². The Morgan fingerprint density at radius 1 is 1.22 bits per heavy atom. The molecule has 6 nitrogen and oxygen atoms in total. The number of primary amides is 1. The van der Waals surface area contributed by atoms with Crippen molar-refractivity contribution < 1.29 is 17.9 Å². The molecule has 0 fully saturated rings. The number of nitrogens with two attached hydrogens (primary N) is 1. The third-order valence-electron chi connectivity index (χ3n) is 2.86. The maximum Gasteiger partial charge on any atom is 0.263 e. The van der Waals surface area contributed by atoms with E-state index in [2.05, 4.69) is 20.7 Å². The highest BCUT2D eigenvalue weighted by Crippen LogP contribution is 2.26. The second-order valence-electron chi connectivity index (χ2n) is 4.82. The first-order valence-electron chi connectivity index (χ1n) is 6.58. The second-order valence-corrected chi connectivity index (χ2v) is 7.32. The van der Waals surface area contributed by atoms with E-state index in [1.54, 1.807) is 24.3 Å². The van der Waals surface area contributed by atoms with E-state index >= 15 is 0 Å². The molecule has 0 heterocycles. The lowest BCUT2D eigenvalue weighted by Gasteiger charge is -2.11. The Morgan fingerprint density at radius 3 is 2.43 bits per heavy atom. The molecule has 122 valence electrons. The molecule has 0 aromatic heterocycles. The van der Waals surface area contributed by atoms with Gasteiger partial charge in [-0.3, -0.25) is 9.52 Å². The third-order valence-corrected chi connectivity index (χ3v) is 5.22. The zero-order chi connectivity index (χ0) is 17.0. The predicted octanol–water partition coefficient (Wildman–Crippen LogP) is 2.42. The number of anilines is 1. The van der Waals surface area contributed by atoms with Crippen LogP contribution >= 0.6 is 15.9 Å². The van der Waals surface area contributed by atoms with Crippen LogP contribution in [0.5, 0.6) is 5.75 Å². The summed E-state index contributed by atoms with van der Waals surface area (Å²) < 4.78 is 32.9. The van der Waals surface area contributed by atoms with E-state index in [0.717, 1.165) is 5.56 Å². The molecule has 0 atom stereocenters. The van der Waals surface area contributed by atoms with E-state index in [0.29, 0.717) is 15.9 Å². The zero-order valence-corrected chi connectivity index (χ0v) is 14.6. The molecule has 2 aromatic carbocycles. The average Bonchev–Trinajstić information content (AvgIpc) is 2.45. The number of nitrogens with one attached hydrogen (secondary N) is 1. The highest BCUT2D eigenvalue weighted by Gasteiger charge is 2.17. The van der Waals surface area contributed by atoms with Crippen molar-refractivity contribution in [3.8, 4) is 5.75 Å². The molecule has 3 N–H and O–H groups in total. The quantitative estimate of drug-likeness (QED) is 0.780. The summed E-state index contributed by atoms with van der Waals surface area (Å²) in [5, 5.41) is 0. The fourth-order valence-electron chi connectivity index (χ4n) is 1.81. The molecule has 8 heteroatoms. The van der Waals surface area contributed by atoms with Crippen molar-refractivity contribution in [2.24, 2.45) is 5.73 Å². The normalized spacial score (nSPS) is 11.0. The van der Waals surface area contributed by atoms with Crippen molar-refractivity contribution in [2.45, 2.75) is 11.8 Å². The van der Waals surface area contributed by atoms with Gasteiger partial charge in [-0.1, -0.05) is 6.07 Å². The summed E-state index contributed by atoms with van der Waals surface area (Å²) in [6.07, 6.45) is 0. The van der Waals surface area contributed by atoms with E-state index in [-0.39, 0.29) is 11.5 Å². The lowest BCUT2D eigenvalue weighted by atomic mass is 10.2. The van der Waals surface area contributed by atoms with Crippen molar-refractivity contribution in [2.75, 3.05) is 11.3 Å². The summed E-state index contributed by atoms with van der Waals surface area (Å²) >= 11 is 3.26. The van der Waals surface area contributed by atoms with Crippen LogP contribution in [0.25, 0.3) is 0 Å². The van der Waals surface area contributed by atoms with Gasteiger partial charge in [-0.25, -0.2) is 8.42 Å². The maximum absolute atomic E-state index is 12.4. The molecule has 0 saturated carbocycles. The van der Waals surface area contributed by atoms with Crippen LogP contribution in [0.4, 0.5) is 5.69 Å². The van der Waals surface area contributed by atoms with Gasteiger partial charge >= 0.3 is 0 Å². The molecule has 0 radical (unpaired) electrons. The molecule has 0 aliphatic carbocycles. The Labute approximate surface area is 142 Å². The molecule has 0 aliphatic heterocycles. The van der Waals surface area contributed by atoms with Crippen molar-refractivity contribution in [3.05, 3.63) is 52.5 Å². The number of benzene rings is 2. The largest absolute Gasteiger partial charge is 0.484 e. The minimum absolute atomic E-state index is 0.150. The molecule has 2 rings (SSSR count). The number of rotatable bonds is 6. The lowest BCUT2D eigenvalue weighted by Crippen LogP contribution is -2.20. The van der Waals surface area contributed by atoms with Gasteiger partial charge in [-0.15, -0.1) is 0 Å². The molecule has 0 aliphatic rings. The number of amides is 1. The smallest absolute Gasteiger partial charge is 0.263 e. The standard InChI is InChI=1S/C15H15BrN2O4S/c1-10-2-7-14(13(16)8-10)23(20,21)18-11-3-5-12(6-4-11)22-9-15(17)19/h2-8,18H,9H2,1H3,(H2,17,19). The van der Waals surface area contributed by atoms with Gasteiger partial charge in [0.05, 0.1) is 0 Å². The zero-order valence-electron chi connectivity index (χ0n) is 12.2. The Morgan fingerprint density at radius 2 is 1.87 bits per heavy atom. The minimum atomic E-state index is -3.71. The number of hydrogen-bond donors (Lipinski definition) is 2. The van der Waals surface area contributed by atoms with E-state index in [4.69, 9.17) is 10.5 Å². The monoisotopic (exact) mass is 398 g/mol. The number of halogens is 1. The van der Waals surface area contributed by atoms with Crippen molar-refractivity contribution in [3.63, 3.8) is 0 Å². The van der Waals surface area contributed by atoms with E-state index in [1.165, 1.54) is 18.2 Å². The number of carbonyl (C=O) groups is 1. The fraction of sp³-hybridized carbons (Fsp3) is 0.133. The summed E-state index contributed by atoms with van der Waals surface area (Å²) in [7, 11) is -3.71. The van der Waals surface area contributed by atoms with E-state index < -0.39 is 15.9 Å². The minimum Gasteiger partial charge on any atom is -0.484 e. The molecule has 2 aromatic rings. The molecular weight excluding hydrogens is 384 g/mol. The van der Waals surface area contributed by atoms with Crippen LogP contribution in [0.3, 0.4) is 0 Å². The SMILES string of the molecule is Cc1ccc(S(=O)(=O)Nc2ccc(OCC(N)=O)cc2)c(Br)c1. The lowest BCUT2D eigenvalue weighted by molar-refractivity contribution is -0.119. The van der Waals surface area contributed by atoms with E-state index in [9.17, 15) is 13.2 Å². The molecule has 0 bridgehead atoms. The Kier molecular flexibility index (Phi) is 5.27. The molecule has 23 heavy (non-hydrogen) atoms. The van der Waals surface area contributed by atoms with Gasteiger partial charge in [0.25, 0.3) is 15.9 Å². The van der Waals surface area contributed by atoms with E-state index in [1.807, 2.05) is 6.92 Å². The summed E-state index contributed by atoms with van der Waals surface area (Å²) in [5.41, 5.74) is 6.31. The Hall–Kier alpha value is -2.06. The van der Waals surface area contributed by atoms with Crippen LogP contribution in [0.1, 0.15) is 5.56 Å². The van der Waals surface area contributed by atoms with Crippen molar-refractivity contribution in [1.82, 2.24) is 0 Å². The van der Waals surface area contributed by atoms with Gasteiger partial charge in [-0.2, -0.15) is 0 Å². The number of aryl methyl sites for hydroxylation is 1. The highest BCUT2D eigenvalue weighted by atomic mass is 79.9.